The molecule has 0 aromatic heterocycles. The molecular weight excluding hydrogens is 312 g/mol. The van der Waals surface area contributed by atoms with Crippen LogP contribution in [0, 0.1) is 0 Å². The second-order valence-electron chi connectivity index (χ2n) is 3.09. The molecule has 74 valence electrons. The van der Waals surface area contributed by atoms with Gasteiger partial charge in [-0.25, -0.2) is 0 Å². The third-order valence-corrected chi connectivity index (χ3v) is 3.82. The number of phenols is 1. The van der Waals surface area contributed by atoms with Gasteiger partial charge in [0.15, 0.2) is 0 Å². The topological polar surface area (TPSA) is 29.5 Å². The van der Waals surface area contributed by atoms with E-state index in [4.69, 9.17) is 4.74 Å². The van der Waals surface area contributed by atoms with Crippen molar-refractivity contribution in [1.82, 2.24) is 0 Å². The first kappa shape index (κ1) is 10.1. The lowest BCUT2D eigenvalue weighted by Crippen LogP contribution is -2.07. The fourth-order valence-corrected chi connectivity index (χ4v) is 2.16. The van der Waals surface area contributed by atoms with Crippen LogP contribution in [0.4, 0.5) is 0 Å². The number of rotatable bonds is 0. The van der Waals surface area contributed by atoms with E-state index in [1.54, 1.807) is 6.07 Å². The number of phenolic OH excluding ortho intramolecular Hbond substituents is 1. The standard InChI is InChI=1S/C10H8Br2O2/c1-5-6-2-3-8(13)9(12)10(6)14-4-7(5)11/h2-3,13H,4H2,1H3. The Bertz CT molecular complexity index is 424. The van der Waals surface area contributed by atoms with Crippen LogP contribution < -0.4 is 4.74 Å². The number of allylic oxidation sites excluding steroid dienone is 1. The molecule has 1 N–H and O–H groups in total. The van der Waals surface area contributed by atoms with Crippen LogP contribution in [0.15, 0.2) is 21.1 Å². The van der Waals surface area contributed by atoms with Crippen molar-refractivity contribution in [2.45, 2.75) is 6.92 Å². The lowest BCUT2D eigenvalue weighted by Gasteiger charge is -2.20. The van der Waals surface area contributed by atoms with Crippen LogP contribution >= 0.6 is 31.9 Å². The van der Waals surface area contributed by atoms with Crippen molar-refractivity contribution in [3.63, 3.8) is 0 Å². The quantitative estimate of drug-likeness (QED) is 0.790. The molecule has 14 heavy (non-hydrogen) atoms. The molecule has 2 rings (SSSR count). The van der Waals surface area contributed by atoms with E-state index >= 15 is 0 Å². The number of benzene rings is 1. The van der Waals surface area contributed by atoms with Crippen molar-refractivity contribution >= 4 is 37.4 Å². The van der Waals surface area contributed by atoms with E-state index < -0.39 is 0 Å². The minimum Gasteiger partial charge on any atom is -0.507 e. The first-order chi connectivity index (χ1) is 6.61. The number of hydrogen-bond acceptors (Lipinski definition) is 2. The highest BCUT2D eigenvalue weighted by Gasteiger charge is 2.19. The minimum atomic E-state index is 0.203. The van der Waals surface area contributed by atoms with Gasteiger partial charge < -0.3 is 9.84 Å². The number of halogens is 2. The van der Waals surface area contributed by atoms with Crippen LogP contribution in [-0.2, 0) is 0 Å². The van der Waals surface area contributed by atoms with Gasteiger partial charge in [0.1, 0.15) is 22.6 Å². The predicted octanol–water partition coefficient (Wildman–Crippen LogP) is 3.67. The summed E-state index contributed by atoms with van der Waals surface area (Å²) < 4.78 is 7.17. The Morgan fingerprint density at radius 2 is 2.07 bits per heavy atom. The van der Waals surface area contributed by atoms with Crippen molar-refractivity contribution in [2.24, 2.45) is 0 Å². The second kappa shape index (κ2) is 3.59. The van der Waals surface area contributed by atoms with E-state index in [0.717, 1.165) is 15.6 Å². The molecule has 1 aromatic carbocycles. The molecule has 1 aliphatic rings. The van der Waals surface area contributed by atoms with Crippen LogP contribution in [0.5, 0.6) is 11.5 Å². The van der Waals surface area contributed by atoms with Crippen LogP contribution in [-0.4, -0.2) is 11.7 Å². The maximum absolute atomic E-state index is 9.47. The largest absolute Gasteiger partial charge is 0.507 e. The fourth-order valence-electron chi connectivity index (χ4n) is 1.37. The summed E-state index contributed by atoms with van der Waals surface area (Å²) in [4.78, 5) is 0. The third-order valence-electron chi connectivity index (χ3n) is 2.23. The van der Waals surface area contributed by atoms with E-state index in [-0.39, 0.29) is 5.75 Å². The average molecular weight is 320 g/mol. The lowest BCUT2D eigenvalue weighted by molar-refractivity contribution is 0.348. The molecule has 0 aliphatic carbocycles. The Balaban J connectivity index is 2.67. The molecule has 0 fully saturated rings. The molecular formula is C10H8Br2O2. The molecule has 0 saturated carbocycles. The van der Waals surface area contributed by atoms with Crippen molar-refractivity contribution < 1.29 is 9.84 Å². The fraction of sp³-hybridized carbons (Fsp3) is 0.200. The van der Waals surface area contributed by atoms with Crippen molar-refractivity contribution in [1.29, 1.82) is 0 Å². The maximum Gasteiger partial charge on any atom is 0.145 e. The van der Waals surface area contributed by atoms with Crippen molar-refractivity contribution in [2.75, 3.05) is 6.61 Å². The minimum absolute atomic E-state index is 0.203. The number of ether oxygens (including phenoxy) is 1. The first-order valence-corrected chi connectivity index (χ1v) is 5.69. The van der Waals surface area contributed by atoms with Crippen LogP contribution in [0.1, 0.15) is 12.5 Å². The van der Waals surface area contributed by atoms with Gasteiger partial charge in [-0.2, -0.15) is 0 Å². The highest BCUT2D eigenvalue weighted by atomic mass is 79.9. The zero-order valence-corrected chi connectivity index (χ0v) is 10.6. The molecule has 0 spiro atoms. The number of aromatic hydroxyl groups is 1. The molecule has 1 heterocycles. The van der Waals surface area contributed by atoms with Crippen molar-refractivity contribution in [3.05, 3.63) is 26.7 Å². The Kier molecular flexibility index (Phi) is 2.58. The van der Waals surface area contributed by atoms with Crippen LogP contribution in [0.2, 0.25) is 0 Å². The average Bonchev–Trinajstić information content (AvgIpc) is 2.17. The Hall–Kier alpha value is -0.480. The summed E-state index contributed by atoms with van der Waals surface area (Å²) >= 11 is 6.74. The SMILES string of the molecule is CC1=C(Br)COc2c1ccc(O)c2Br. The van der Waals surface area contributed by atoms with Gasteiger partial charge in [-0.1, -0.05) is 15.9 Å². The Morgan fingerprint density at radius 1 is 1.36 bits per heavy atom. The van der Waals surface area contributed by atoms with E-state index in [1.807, 2.05) is 13.0 Å². The zero-order chi connectivity index (χ0) is 10.3. The molecule has 0 saturated heterocycles. The molecule has 1 aliphatic heterocycles. The van der Waals surface area contributed by atoms with Crippen LogP contribution in [0.3, 0.4) is 0 Å². The van der Waals surface area contributed by atoms with Gasteiger partial charge in [-0.15, -0.1) is 0 Å². The molecule has 0 atom stereocenters. The monoisotopic (exact) mass is 318 g/mol. The summed E-state index contributed by atoms with van der Waals surface area (Å²) in [6.45, 7) is 2.54. The summed E-state index contributed by atoms with van der Waals surface area (Å²) in [6, 6.07) is 3.51. The van der Waals surface area contributed by atoms with Gasteiger partial charge in [0, 0.05) is 10.0 Å². The summed E-state index contributed by atoms with van der Waals surface area (Å²) in [5.41, 5.74) is 2.15. The molecule has 2 nitrogen and oxygen atoms in total. The number of fused-ring (bicyclic) bond motifs is 1. The van der Waals surface area contributed by atoms with Gasteiger partial charge in [-0.3, -0.25) is 0 Å². The summed E-state index contributed by atoms with van der Waals surface area (Å²) in [5.74, 6) is 0.917. The van der Waals surface area contributed by atoms with E-state index in [2.05, 4.69) is 31.9 Å². The predicted molar refractivity (Wildman–Crippen MR) is 62.8 cm³/mol. The molecule has 0 amide bonds. The normalized spacial score (nSPS) is 15.1. The van der Waals surface area contributed by atoms with Gasteiger partial charge in [0.2, 0.25) is 0 Å². The van der Waals surface area contributed by atoms with E-state index in [9.17, 15) is 5.11 Å². The Labute approximate surface area is 98.8 Å². The zero-order valence-electron chi connectivity index (χ0n) is 7.47. The molecule has 4 heteroatoms. The summed E-state index contributed by atoms with van der Waals surface area (Å²) in [6.07, 6.45) is 0. The highest BCUT2D eigenvalue weighted by molar-refractivity contribution is 9.12. The molecule has 0 bridgehead atoms. The number of hydrogen-bond donors (Lipinski definition) is 1. The maximum atomic E-state index is 9.47. The Morgan fingerprint density at radius 3 is 2.79 bits per heavy atom. The summed E-state index contributed by atoms with van der Waals surface area (Å²) in [7, 11) is 0. The van der Waals surface area contributed by atoms with Gasteiger partial charge in [-0.05, 0) is 40.6 Å². The van der Waals surface area contributed by atoms with Crippen LogP contribution in [0.25, 0.3) is 5.57 Å². The molecule has 0 radical (unpaired) electrons. The van der Waals surface area contributed by atoms with E-state index in [1.165, 1.54) is 0 Å². The lowest BCUT2D eigenvalue weighted by atomic mass is 10.0. The third kappa shape index (κ3) is 1.46. The van der Waals surface area contributed by atoms with Gasteiger partial charge in [0.05, 0.1) is 0 Å². The van der Waals surface area contributed by atoms with Crippen molar-refractivity contribution in [3.8, 4) is 11.5 Å². The van der Waals surface area contributed by atoms with Gasteiger partial charge in [0.25, 0.3) is 0 Å². The first-order valence-electron chi connectivity index (χ1n) is 4.11. The van der Waals surface area contributed by atoms with E-state index in [0.29, 0.717) is 16.8 Å². The second-order valence-corrected chi connectivity index (χ2v) is 4.84. The molecule has 0 unspecified atom stereocenters. The summed E-state index contributed by atoms with van der Waals surface area (Å²) in [5, 5.41) is 9.47. The smallest absolute Gasteiger partial charge is 0.145 e. The highest BCUT2D eigenvalue weighted by Crippen LogP contribution is 2.43. The van der Waals surface area contributed by atoms with Gasteiger partial charge >= 0.3 is 0 Å². The molecule has 1 aromatic rings.